The Morgan fingerprint density at radius 3 is 2.00 bits per heavy atom. The number of nitrogens with zero attached hydrogens (tertiary/aromatic N) is 2. The third-order valence-corrected chi connectivity index (χ3v) is 7.17. The lowest BCUT2D eigenvalue weighted by Gasteiger charge is -2.23. The zero-order valence-electron chi connectivity index (χ0n) is 16.7. The lowest BCUT2D eigenvalue weighted by atomic mass is 9.99. The Kier molecular flexibility index (Phi) is 5.55. The van der Waals surface area contributed by atoms with Gasteiger partial charge in [0.25, 0.3) is 10.0 Å². The molecule has 9 heteroatoms. The van der Waals surface area contributed by atoms with E-state index in [4.69, 9.17) is 0 Å². The third kappa shape index (κ3) is 4.62. The average molecular weight is 456 g/mol. The molecule has 7 nitrogen and oxygen atoms in total. The molecule has 1 heterocycles. The predicted molar refractivity (Wildman–Crippen MR) is 121 cm³/mol. The second-order valence-corrected chi connectivity index (χ2v) is 10.8. The SMILES string of the molecule is CS(=O)(=O)Nc1ccc(C2=NN(S(=O)(=O)c3ccccc3)[C@H](c3ccccc3)C2)cc1. The summed E-state index contributed by atoms with van der Waals surface area (Å²) in [4.78, 5) is 0.175. The van der Waals surface area contributed by atoms with Crippen molar-refractivity contribution in [3.8, 4) is 0 Å². The second kappa shape index (κ2) is 8.16. The molecule has 0 saturated carbocycles. The number of anilines is 1. The highest BCUT2D eigenvalue weighted by atomic mass is 32.2. The van der Waals surface area contributed by atoms with E-state index in [0.29, 0.717) is 17.8 Å². The van der Waals surface area contributed by atoms with Gasteiger partial charge in [0.2, 0.25) is 10.0 Å². The normalized spacial score (nSPS) is 16.7. The first kappa shape index (κ1) is 21.1. The van der Waals surface area contributed by atoms with E-state index in [0.717, 1.165) is 17.4 Å². The Bertz CT molecular complexity index is 1310. The van der Waals surface area contributed by atoms with Crippen molar-refractivity contribution in [1.82, 2.24) is 4.41 Å². The van der Waals surface area contributed by atoms with Crippen LogP contribution in [0.2, 0.25) is 0 Å². The zero-order chi connectivity index (χ0) is 22.1. The summed E-state index contributed by atoms with van der Waals surface area (Å²) in [5.41, 5.74) is 2.61. The summed E-state index contributed by atoms with van der Waals surface area (Å²) in [5, 5.41) is 4.49. The third-order valence-electron chi connectivity index (χ3n) is 4.87. The lowest BCUT2D eigenvalue weighted by molar-refractivity contribution is 0.371. The van der Waals surface area contributed by atoms with E-state index in [-0.39, 0.29) is 4.90 Å². The fourth-order valence-corrected chi connectivity index (χ4v) is 5.47. The molecule has 1 aliphatic heterocycles. The van der Waals surface area contributed by atoms with Crippen LogP contribution in [0.1, 0.15) is 23.6 Å². The van der Waals surface area contributed by atoms with Gasteiger partial charge in [-0.25, -0.2) is 8.42 Å². The van der Waals surface area contributed by atoms with Crippen molar-refractivity contribution in [3.05, 3.63) is 96.1 Å². The second-order valence-electron chi connectivity index (χ2n) is 7.22. The number of rotatable bonds is 6. The minimum Gasteiger partial charge on any atom is -0.284 e. The summed E-state index contributed by atoms with van der Waals surface area (Å²) in [5.74, 6) is 0. The molecule has 0 unspecified atom stereocenters. The molecule has 0 aromatic heterocycles. The van der Waals surface area contributed by atoms with E-state index in [2.05, 4.69) is 9.82 Å². The molecule has 3 aromatic rings. The van der Waals surface area contributed by atoms with Crippen molar-refractivity contribution in [3.63, 3.8) is 0 Å². The number of benzene rings is 3. The van der Waals surface area contributed by atoms with Crippen molar-refractivity contribution in [2.24, 2.45) is 5.10 Å². The number of hydrogen-bond donors (Lipinski definition) is 1. The maximum absolute atomic E-state index is 13.3. The first-order valence-electron chi connectivity index (χ1n) is 9.54. The smallest absolute Gasteiger partial charge is 0.279 e. The fourth-order valence-electron chi connectivity index (χ4n) is 3.45. The van der Waals surface area contributed by atoms with Gasteiger partial charge >= 0.3 is 0 Å². The van der Waals surface area contributed by atoms with Gasteiger partial charge < -0.3 is 0 Å². The molecule has 1 aliphatic rings. The summed E-state index contributed by atoms with van der Waals surface area (Å²) in [6.07, 6.45) is 1.48. The van der Waals surface area contributed by atoms with Gasteiger partial charge in [0, 0.05) is 12.1 Å². The molecular weight excluding hydrogens is 434 g/mol. The van der Waals surface area contributed by atoms with Crippen LogP contribution in [0.5, 0.6) is 0 Å². The quantitative estimate of drug-likeness (QED) is 0.614. The van der Waals surface area contributed by atoms with Crippen molar-refractivity contribution in [1.29, 1.82) is 0 Å². The molecule has 1 N–H and O–H groups in total. The lowest BCUT2D eigenvalue weighted by Crippen LogP contribution is -2.27. The van der Waals surface area contributed by atoms with Crippen LogP contribution in [0.15, 0.2) is 94.9 Å². The number of hydrogen-bond acceptors (Lipinski definition) is 5. The topological polar surface area (TPSA) is 95.9 Å². The molecule has 0 fully saturated rings. The molecule has 31 heavy (non-hydrogen) atoms. The molecular formula is C22H21N3O4S2. The maximum atomic E-state index is 13.3. The number of sulfonamides is 2. The summed E-state index contributed by atoms with van der Waals surface area (Å²) in [7, 11) is -7.24. The van der Waals surface area contributed by atoms with Crippen LogP contribution in [-0.4, -0.2) is 33.2 Å². The fraction of sp³-hybridized carbons (Fsp3) is 0.136. The van der Waals surface area contributed by atoms with Crippen LogP contribution < -0.4 is 4.72 Å². The largest absolute Gasteiger partial charge is 0.284 e. The number of hydrazone groups is 1. The Morgan fingerprint density at radius 1 is 0.839 bits per heavy atom. The molecule has 0 spiro atoms. The van der Waals surface area contributed by atoms with Gasteiger partial charge in [-0.3, -0.25) is 4.72 Å². The van der Waals surface area contributed by atoms with Gasteiger partial charge in [-0.2, -0.15) is 17.9 Å². The minimum absolute atomic E-state index is 0.175. The Labute approximate surface area is 182 Å². The van der Waals surface area contributed by atoms with E-state index < -0.39 is 26.1 Å². The van der Waals surface area contributed by atoms with Crippen molar-refractivity contribution in [2.75, 3.05) is 11.0 Å². The molecule has 1 atom stereocenters. The zero-order valence-corrected chi connectivity index (χ0v) is 18.3. The van der Waals surface area contributed by atoms with Gasteiger partial charge in [-0.15, -0.1) is 0 Å². The highest BCUT2D eigenvalue weighted by molar-refractivity contribution is 7.92. The summed E-state index contributed by atoms with van der Waals surface area (Å²) in [6, 6.07) is 23.8. The molecule has 4 rings (SSSR count). The van der Waals surface area contributed by atoms with E-state index in [9.17, 15) is 16.8 Å². The molecule has 0 bridgehead atoms. The Morgan fingerprint density at radius 2 is 1.42 bits per heavy atom. The van der Waals surface area contributed by atoms with Gasteiger partial charge in [-0.1, -0.05) is 60.7 Å². The highest BCUT2D eigenvalue weighted by Gasteiger charge is 2.37. The van der Waals surface area contributed by atoms with Crippen molar-refractivity contribution in [2.45, 2.75) is 17.4 Å². The van der Waals surface area contributed by atoms with E-state index in [1.807, 2.05) is 30.3 Å². The first-order valence-corrected chi connectivity index (χ1v) is 12.9. The van der Waals surface area contributed by atoms with E-state index in [1.54, 1.807) is 54.6 Å². The molecule has 160 valence electrons. The molecule has 0 radical (unpaired) electrons. The predicted octanol–water partition coefficient (Wildman–Crippen LogP) is 3.60. The number of nitrogens with one attached hydrogen (secondary N) is 1. The molecule has 3 aromatic carbocycles. The average Bonchev–Trinajstić information content (AvgIpc) is 3.21. The molecule has 0 aliphatic carbocycles. The van der Waals surface area contributed by atoms with E-state index >= 15 is 0 Å². The van der Waals surface area contributed by atoms with Crippen LogP contribution >= 0.6 is 0 Å². The maximum Gasteiger partial charge on any atom is 0.279 e. The Hall–Kier alpha value is -3.17. The standard InChI is InChI=1S/C22H21N3O4S2/c1-30(26,27)24-19-14-12-17(13-15-19)21-16-22(18-8-4-2-5-9-18)25(23-21)31(28,29)20-10-6-3-7-11-20/h2-15,22,24H,16H2,1H3/t22-/m0/s1. The van der Waals surface area contributed by atoms with Crippen LogP contribution in [0.25, 0.3) is 0 Å². The van der Waals surface area contributed by atoms with Gasteiger partial charge in [-0.05, 0) is 35.4 Å². The minimum atomic E-state index is -3.85. The van der Waals surface area contributed by atoms with Crippen LogP contribution in [-0.2, 0) is 20.0 Å². The highest BCUT2D eigenvalue weighted by Crippen LogP contribution is 2.37. The summed E-state index contributed by atoms with van der Waals surface area (Å²) in [6.45, 7) is 0. The van der Waals surface area contributed by atoms with Crippen LogP contribution in [0, 0.1) is 0 Å². The van der Waals surface area contributed by atoms with Crippen LogP contribution in [0.3, 0.4) is 0 Å². The summed E-state index contributed by atoms with van der Waals surface area (Å²) >= 11 is 0. The van der Waals surface area contributed by atoms with Crippen molar-refractivity contribution < 1.29 is 16.8 Å². The Balaban J connectivity index is 1.72. The van der Waals surface area contributed by atoms with Crippen molar-refractivity contribution >= 4 is 31.4 Å². The van der Waals surface area contributed by atoms with Gasteiger partial charge in [0.1, 0.15) is 0 Å². The van der Waals surface area contributed by atoms with E-state index in [1.165, 1.54) is 4.41 Å². The van der Waals surface area contributed by atoms with Crippen LogP contribution in [0.4, 0.5) is 5.69 Å². The monoisotopic (exact) mass is 455 g/mol. The first-order chi connectivity index (χ1) is 14.7. The summed E-state index contributed by atoms with van der Waals surface area (Å²) < 4.78 is 53.1. The molecule has 0 saturated heterocycles. The molecule has 0 amide bonds. The van der Waals surface area contributed by atoms with Gasteiger partial charge in [0.15, 0.2) is 0 Å². The van der Waals surface area contributed by atoms with Gasteiger partial charge in [0.05, 0.1) is 22.9 Å².